The monoisotopic (exact) mass is 298 g/mol. The van der Waals surface area contributed by atoms with E-state index in [4.69, 9.17) is 9.15 Å². The number of hydrogen-bond acceptors (Lipinski definition) is 5. The summed E-state index contributed by atoms with van der Waals surface area (Å²) in [6, 6.07) is 5.12. The quantitative estimate of drug-likeness (QED) is 0.796. The number of nitrogens with zero attached hydrogens (tertiary/aromatic N) is 2. The summed E-state index contributed by atoms with van der Waals surface area (Å²) in [5, 5.41) is 9.79. The van der Waals surface area contributed by atoms with Gasteiger partial charge in [-0.3, -0.25) is 0 Å². The zero-order valence-corrected chi connectivity index (χ0v) is 12.2. The number of carboxylic acid groups (broad SMARTS) is 1. The third-order valence-electron chi connectivity index (χ3n) is 3.29. The summed E-state index contributed by atoms with van der Waals surface area (Å²) in [5.74, 6) is 0.633. The van der Waals surface area contributed by atoms with E-state index in [0.717, 1.165) is 5.56 Å². The fourth-order valence-corrected chi connectivity index (χ4v) is 2.22. The predicted octanol–water partition coefficient (Wildman–Crippen LogP) is 3.12. The molecule has 3 rings (SSSR count). The summed E-state index contributed by atoms with van der Waals surface area (Å²) in [5.41, 5.74) is 1.53. The number of rotatable bonds is 4. The lowest BCUT2D eigenvalue weighted by Gasteiger charge is -2.06. The van der Waals surface area contributed by atoms with Crippen LogP contribution in [-0.4, -0.2) is 21.0 Å². The molecule has 112 valence electrons. The topological polar surface area (TPSA) is 85.5 Å². The second-order valence-electron chi connectivity index (χ2n) is 4.92. The van der Waals surface area contributed by atoms with Gasteiger partial charge in [0.05, 0.1) is 0 Å². The van der Waals surface area contributed by atoms with E-state index in [1.165, 1.54) is 0 Å². The third kappa shape index (κ3) is 2.63. The molecule has 0 aliphatic carbocycles. The van der Waals surface area contributed by atoms with Crippen LogP contribution in [0.25, 0.3) is 11.0 Å². The largest absolute Gasteiger partial charge is 0.489 e. The summed E-state index contributed by atoms with van der Waals surface area (Å²) >= 11 is 0. The maximum absolute atomic E-state index is 11.3. The first-order valence-corrected chi connectivity index (χ1v) is 6.71. The molecule has 2 heterocycles. The molecule has 0 spiro atoms. The highest BCUT2D eigenvalue weighted by Gasteiger charge is 2.17. The number of aromatic carboxylic acids is 1. The smallest absolute Gasteiger partial charge is 0.339 e. The van der Waals surface area contributed by atoms with Crippen LogP contribution in [-0.2, 0) is 6.61 Å². The van der Waals surface area contributed by atoms with Gasteiger partial charge in [-0.05, 0) is 32.0 Å². The van der Waals surface area contributed by atoms with Gasteiger partial charge in [0, 0.05) is 23.3 Å². The molecule has 0 saturated heterocycles. The van der Waals surface area contributed by atoms with Crippen molar-refractivity contribution in [2.75, 3.05) is 0 Å². The van der Waals surface area contributed by atoms with Crippen LogP contribution in [0, 0.1) is 13.8 Å². The number of fused-ring (bicyclic) bond motifs is 1. The van der Waals surface area contributed by atoms with Crippen LogP contribution in [0.15, 0.2) is 35.0 Å². The van der Waals surface area contributed by atoms with Crippen LogP contribution in [0.5, 0.6) is 5.75 Å². The average Bonchev–Trinajstić information content (AvgIpc) is 2.82. The fourth-order valence-electron chi connectivity index (χ4n) is 2.22. The minimum absolute atomic E-state index is 0.166. The van der Waals surface area contributed by atoms with Gasteiger partial charge in [0.2, 0.25) is 0 Å². The van der Waals surface area contributed by atoms with Crippen molar-refractivity contribution in [3.8, 4) is 5.75 Å². The minimum atomic E-state index is -1.01. The van der Waals surface area contributed by atoms with E-state index in [-0.39, 0.29) is 5.56 Å². The van der Waals surface area contributed by atoms with E-state index in [9.17, 15) is 9.90 Å². The van der Waals surface area contributed by atoms with E-state index >= 15 is 0 Å². The van der Waals surface area contributed by atoms with Crippen LogP contribution in [0.2, 0.25) is 0 Å². The van der Waals surface area contributed by atoms with Gasteiger partial charge in [0.15, 0.2) is 0 Å². The number of carboxylic acids is 1. The first kappa shape index (κ1) is 14.1. The number of aromatic nitrogens is 2. The van der Waals surface area contributed by atoms with Crippen molar-refractivity contribution in [3.05, 3.63) is 53.3 Å². The molecule has 6 heteroatoms. The van der Waals surface area contributed by atoms with Gasteiger partial charge in [0.25, 0.3) is 0 Å². The molecule has 2 aromatic heterocycles. The van der Waals surface area contributed by atoms with Crippen LogP contribution in [0.4, 0.5) is 0 Å². The molecule has 1 N–H and O–H groups in total. The van der Waals surface area contributed by atoms with Crippen LogP contribution in [0.3, 0.4) is 0 Å². The Bertz CT molecular complexity index is 837. The molecule has 22 heavy (non-hydrogen) atoms. The number of benzene rings is 1. The molecular weight excluding hydrogens is 284 g/mol. The average molecular weight is 298 g/mol. The summed E-state index contributed by atoms with van der Waals surface area (Å²) in [7, 11) is 0. The van der Waals surface area contributed by atoms with Crippen molar-refractivity contribution < 1.29 is 19.1 Å². The lowest BCUT2D eigenvalue weighted by Crippen LogP contribution is -1.99. The van der Waals surface area contributed by atoms with Gasteiger partial charge >= 0.3 is 5.97 Å². The second kappa shape index (κ2) is 5.48. The first-order valence-electron chi connectivity index (χ1n) is 6.71. The molecule has 0 unspecified atom stereocenters. The zero-order valence-electron chi connectivity index (χ0n) is 12.2. The molecule has 0 aliphatic rings. The maximum atomic E-state index is 11.3. The molecule has 0 saturated carbocycles. The zero-order chi connectivity index (χ0) is 15.7. The molecule has 0 atom stereocenters. The number of furan rings is 1. The summed E-state index contributed by atoms with van der Waals surface area (Å²) < 4.78 is 11.1. The lowest BCUT2D eigenvalue weighted by molar-refractivity contribution is 0.0697. The van der Waals surface area contributed by atoms with E-state index in [1.54, 1.807) is 37.5 Å². The van der Waals surface area contributed by atoms with E-state index in [0.29, 0.717) is 34.9 Å². The normalized spacial score (nSPS) is 10.8. The molecule has 0 bridgehead atoms. The number of ether oxygens (including phenoxy) is 1. The van der Waals surface area contributed by atoms with Crippen molar-refractivity contribution in [1.29, 1.82) is 0 Å². The second-order valence-corrected chi connectivity index (χ2v) is 4.92. The Morgan fingerprint density at radius 1 is 1.27 bits per heavy atom. The number of aryl methyl sites for hydroxylation is 2. The Labute approximate surface area is 126 Å². The Morgan fingerprint density at radius 3 is 2.68 bits per heavy atom. The van der Waals surface area contributed by atoms with Gasteiger partial charge in [0.1, 0.15) is 35.1 Å². The van der Waals surface area contributed by atoms with Gasteiger partial charge in [-0.15, -0.1) is 0 Å². The molecular formula is C16H14N2O4. The fraction of sp³-hybridized carbons (Fsp3) is 0.188. The number of carbonyl (C=O) groups is 1. The number of hydrogen-bond donors (Lipinski definition) is 1. The van der Waals surface area contributed by atoms with Gasteiger partial charge < -0.3 is 14.3 Å². The predicted molar refractivity (Wildman–Crippen MR) is 79.0 cm³/mol. The molecule has 6 nitrogen and oxygen atoms in total. The highest BCUT2D eigenvalue weighted by molar-refractivity contribution is 6.03. The highest BCUT2D eigenvalue weighted by Crippen LogP contribution is 2.29. The molecule has 1 aromatic carbocycles. The maximum Gasteiger partial charge on any atom is 0.339 e. The molecule has 0 radical (unpaired) electrons. The lowest BCUT2D eigenvalue weighted by atomic mass is 10.1. The molecule has 0 aliphatic heterocycles. The van der Waals surface area contributed by atoms with E-state index in [1.807, 2.05) is 6.92 Å². The molecule has 3 aromatic rings. The molecule has 0 fully saturated rings. The summed E-state index contributed by atoms with van der Waals surface area (Å²) in [4.78, 5) is 19.5. The summed E-state index contributed by atoms with van der Waals surface area (Å²) in [6.45, 7) is 3.76. The highest BCUT2D eigenvalue weighted by atomic mass is 16.5. The molecule has 0 amide bonds. The standard InChI is InChI=1S/C16H14N2O4/c1-9-15(16(19)20)13-5-12(3-4-14(13)22-9)21-8-11-6-17-10(2)18-7-11/h3-7H,8H2,1-2H3,(H,19,20). The van der Waals surface area contributed by atoms with Crippen molar-refractivity contribution >= 4 is 16.9 Å². The first-order chi connectivity index (χ1) is 10.5. The van der Waals surface area contributed by atoms with Gasteiger partial charge in [-0.2, -0.15) is 0 Å². The Kier molecular flexibility index (Phi) is 3.50. The van der Waals surface area contributed by atoms with Crippen molar-refractivity contribution in [2.24, 2.45) is 0 Å². The van der Waals surface area contributed by atoms with Crippen molar-refractivity contribution in [2.45, 2.75) is 20.5 Å². The minimum Gasteiger partial charge on any atom is -0.489 e. The van der Waals surface area contributed by atoms with Crippen LogP contribution < -0.4 is 4.74 Å². The SMILES string of the molecule is Cc1ncc(COc2ccc3oc(C)c(C(=O)O)c3c2)cn1. The van der Waals surface area contributed by atoms with Crippen LogP contribution in [0.1, 0.15) is 27.5 Å². The van der Waals surface area contributed by atoms with Crippen molar-refractivity contribution in [3.63, 3.8) is 0 Å². The van der Waals surface area contributed by atoms with Crippen LogP contribution >= 0.6 is 0 Å². The van der Waals surface area contributed by atoms with E-state index < -0.39 is 5.97 Å². The van der Waals surface area contributed by atoms with E-state index in [2.05, 4.69) is 9.97 Å². The third-order valence-corrected chi connectivity index (χ3v) is 3.29. The Balaban J connectivity index is 1.86. The Morgan fingerprint density at radius 2 is 2.00 bits per heavy atom. The summed E-state index contributed by atoms with van der Waals surface area (Å²) in [6.07, 6.45) is 3.40. The Hall–Kier alpha value is -2.89. The van der Waals surface area contributed by atoms with Gasteiger partial charge in [-0.25, -0.2) is 14.8 Å². The van der Waals surface area contributed by atoms with Gasteiger partial charge in [-0.1, -0.05) is 0 Å². The van der Waals surface area contributed by atoms with Crippen molar-refractivity contribution in [1.82, 2.24) is 9.97 Å².